The van der Waals surface area contributed by atoms with E-state index in [4.69, 9.17) is 11.6 Å². The van der Waals surface area contributed by atoms with Crippen molar-refractivity contribution < 1.29 is 30.8 Å². The number of sulfonamides is 2. The molecule has 0 radical (unpaired) electrons. The average molecular weight is 843 g/mol. The normalized spacial score (nSPS) is 11.3. The van der Waals surface area contributed by atoms with E-state index in [0.29, 0.717) is 16.8 Å². The van der Waals surface area contributed by atoms with Gasteiger partial charge >= 0.3 is 12.1 Å². The van der Waals surface area contributed by atoms with Crippen LogP contribution < -0.4 is 20.1 Å². The number of halogens is 2. The Morgan fingerprint density at radius 3 is 1.57 bits per heavy atom. The van der Waals surface area contributed by atoms with Crippen LogP contribution in [0.5, 0.6) is 0 Å². The number of pyridine rings is 2. The summed E-state index contributed by atoms with van der Waals surface area (Å²) in [5.74, 6) is -0.823. The molecule has 298 valence electrons. The molecule has 0 atom stereocenters. The van der Waals surface area contributed by atoms with E-state index >= 15 is 0 Å². The lowest BCUT2D eigenvalue weighted by Gasteiger charge is -2.35. The van der Waals surface area contributed by atoms with Crippen molar-refractivity contribution in [1.29, 1.82) is 0 Å². The van der Waals surface area contributed by atoms with Gasteiger partial charge in [0.2, 0.25) is 0 Å². The first-order chi connectivity index (χ1) is 27.7. The quantitative estimate of drug-likeness (QED) is 0.0890. The van der Waals surface area contributed by atoms with Gasteiger partial charge in [-0.1, -0.05) is 41.4 Å². The van der Waals surface area contributed by atoms with Crippen molar-refractivity contribution in [3.05, 3.63) is 167 Å². The third-order valence-corrected chi connectivity index (χ3v) is 11.5. The van der Waals surface area contributed by atoms with Gasteiger partial charge in [0.15, 0.2) is 0 Å². The number of rotatable bonds is 12. The first kappa shape index (κ1) is 41.1. The highest BCUT2D eigenvalue weighted by molar-refractivity contribution is 7.93. The molecule has 4 aromatic carbocycles. The Kier molecular flexibility index (Phi) is 12.5. The molecule has 2 heterocycles. The highest BCUT2D eigenvalue weighted by Gasteiger charge is 2.28. The molecule has 4 amide bonds. The topological polar surface area (TPSA) is 183 Å². The second kappa shape index (κ2) is 17.7. The second-order valence-electron chi connectivity index (χ2n) is 12.9. The van der Waals surface area contributed by atoms with Crippen molar-refractivity contribution in [2.75, 3.05) is 20.1 Å². The maximum Gasteiger partial charge on any atom is 0.341 e. The average Bonchev–Trinajstić information content (AvgIpc) is 3.20. The van der Waals surface area contributed by atoms with Gasteiger partial charge in [0.25, 0.3) is 20.0 Å². The molecular weight excluding hydrogens is 807 g/mol. The Hall–Kier alpha value is -6.56. The molecule has 0 aliphatic carbocycles. The van der Waals surface area contributed by atoms with Gasteiger partial charge in [0.05, 0.1) is 34.3 Å². The summed E-state index contributed by atoms with van der Waals surface area (Å²) in [5.41, 5.74) is 3.37. The van der Waals surface area contributed by atoms with Crippen LogP contribution in [0.25, 0.3) is 0 Å². The van der Waals surface area contributed by atoms with Crippen molar-refractivity contribution >= 4 is 66.5 Å². The Morgan fingerprint density at radius 1 is 0.638 bits per heavy atom. The lowest BCUT2D eigenvalue weighted by atomic mass is 10.1. The number of nitrogens with one attached hydrogen (secondary N) is 4. The Bertz CT molecular complexity index is 2640. The van der Waals surface area contributed by atoms with Crippen LogP contribution in [-0.2, 0) is 33.1 Å². The third kappa shape index (κ3) is 10.4. The molecule has 4 N–H and O–H groups in total. The van der Waals surface area contributed by atoms with Crippen LogP contribution in [-0.4, -0.2) is 48.9 Å². The van der Waals surface area contributed by atoms with Gasteiger partial charge in [-0.15, -0.1) is 0 Å². The number of urea groups is 2. The number of hydrazine groups is 1. The fraction of sp³-hybridized carbons (Fsp3) is 0.100. The molecule has 0 saturated heterocycles. The number of anilines is 4. The van der Waals surface area contributed by atoms with E-state index in [1.165, 1.54) is 67.0 Å². The molecular formula is C40H36ClFN8O6S2. The summed E-state index contributed by atoms with van der Waals surface area (Å²) < 4.78 is 71.6. The molecule has 6 rings (SSSR count). The van der Waals surface area contributed by atoms with E-state index in [9.17, 15) is 30.8 Å². The van der Waals surface area contributed by atoms with Crippen molar-refractivity contribution in [2.45, 2.75) is 36.7 Å². The number of carbonyl (C=O) groups excluding carboxylic acids is 2. The minimum Gasteiger partial charge on any atom is -0.306 e. The van der Waals surface area contributed by atoms with Crippen molar-refractivity contribution in [1.82, 2.24) is 20.0 Å². The second-order valence-corrected chi connectivity index (χ2v) is 16.7. The molecule has 14 nitrogen and oxygen atoms in total. The van der Waals surface area contributed by atoms with Crippen LogP contribution in [0.1, 0.15) is 22.3 Å². The number of hydrogen-bond donors (Lipinski definition) is 4. The van der Waals surface area contributed by atoms with E-state index in [0.717, 1.165) is 33.3 Å². The van der Waals surface area contributed by atoms with Gasteiger partial charge in [-0.25, -0.2) is 40.8 Å². The lowest BCUT2D eigenvalue weighted by Crippen LogP contribution is -2.52. The summed E-state index contributed by atoms with van der Waals surface area (Å²) in [6, 6.07) is 24.7. The number of hydrogen-bond acceptors (Lipinski definition) is 8. The van der Waals surface area contributed by atoms with Crippen LogP contribution in [0.4, 0.5) is 36.7 Å². The highest BCUT2D eigenvalue weighted by Crippen LogP contribution is 2.26. The number of aromatic nitrogens is 2. The largest absolute Gasteiger partial charge is 0.341 e. The van der Waals surface area contributed by atoms with Gasteiger partial charge < -0.3 is 10.6 Å². The monoisotopic (exact) mass is 842 g/mol. The van der Waals surface area contributed by atoms with Crippen LogP contribution >= 0.6 is 11.6 Å². The summed E-state index contributed by atoms with van der Waals surface area (Å²) in [6.07, 6.45) is 6.18. The summed E-state index contributed by atoms with van der Waals surface area (Å²) in [6.45, 7) is 3.43. The number of benzene rings is 4. The maximum atomic E-state index is 14.3. The minimum atomic E-state index is -4.26. The number of amides is 4. The SMILES string of the molecule is Cc1ccc(NS(=O)(=O)c2ccc(NC(=O)N(Cc3cccnc3)N(Cc3cccnc3)C(=O)Nc3ccc(S(=O)(=O)Nc4cc(Cl)ccc4F)cc3)cc2)c(C)c1. The molecule has 2 aromatic heterocycles. The number of nitrogens with zero attached hydrogens (tertiary/aromatic N) is 4. The van der Waals surface area contributed by atoms with Crippen LogP contribution in [0.2, 0.25) is 5.02 Å². The van der Waals surface area contributed by atoms with Gasteiger partial charge in [-0.2, -0.15) is 0 Å². The smallest absolute Gasteiger partial charge is 0.306 e. The van der Waals surface area contributed by atoms with E-state index in [1.54, 1.807) is 55.7 Å². The molecule has 0 fully saturated rings. The van der Waals surface area contributed by atoms with E-state index in [2.05, 4.69) is 30.0 Å². The summed E-state index contributed by atoms with van der Waals surface area (Å²) >= 11 is 5.91. The van der Waals surface area contributed by atoms with Gasteiger partial charge in [-0.05, 0) is 115 Å². The van der Waals surface area contributed by atoms with Crippen LogP contribution in [0, 0.1) is 19.7 Å². The molecule has 0 spiro atoms. The predicted octanol–water partition coefficient (Wildman–Crippen LogP) is 8.17. The fourth-order valence-corrected chi connectivity index (χ4v) is 7.95. The van der Waals surface area contributed by atoms with Crippen molar-refractivity contribution in [3.8, 4) is 0 Å². The molecule has 0 saturated carbocycles. The lowest BCUT2D eigenvalue weighted by molar-refractivity contribution is 0.0466. The molecule has 6 aromatic rings. The van der Waals surface area contributed by atoms with Crippen LogP contribution in [0.3, 0.4) is 0 Å². The summed E-state index contributed by atoms with van der Waals surface area (Å²) in [4.78, 5) is 36.3. The zero-order chi connectivity index (χ0) is 41.5. The Balaban J connectivity index is 1.25. The zero-order valence-electron chi connectivity index (χ0n) is 30.9. The van der Waals surface area contributed by atoms with E-state index < -0.39 is 37.9 Å². The molecule has 0 unspecified atom stereocenters. The predicted molar refractivity (Wildman–Crippen MR) is 219 cm³/mol. The summed E-state index contributed by atoms with van der Waals surface area (Å²) in [5, 5.41) is 7.87. The highest BCUT2D eigenvalue weighted by atomic mass is 35.5. The first-order valence-corrected chi connectivity index (χ1v) is 20.7. The Labute approximate surface area is 339 Å². The molecule has 58 heavy (non-hydrogen) atoms. The molecule has 0 aliphatic rings. The van der Waals surface area contributed by atoms with Gasteiger partial charge in [0, 0.05) is 41.2 Å². The standard InChI is InChI=1S/C40H36ClFN8O6S2/c1-27-7-18-37(28(2)21-27)47-57(53,54)34-13-9-32(10-14-34)45-39(51)49(25-29-5-3-19-43-23-29)50(26-30-6-4-20-44-24-30)40(52)46-33-11-15-35(16-12-33)58(55,56)48-38-22-31(41)8-17-36(38)42/h3-24,47-48H,25-26H2,1-2H3,(H,45,51)(H,46,52). The fourth-order valence-electron chi connectivity index (χ4n) is 5.58. The zero-order valence-corrected chi connectivity index (χ0v) is 33.3. The first-order valence-electron chi connectivity index (χ1n) is 17.4. The minimum absolute atomic E-state index is 0.0403. The summed E-state index contributed by atoms with van der Waals surface area (Å²) in [7, 11) is -8.23. The molecule has 18 heteroatoms. The van der Waals surface area contributed by atoms with Crippen molar-refractivity contribution in [2.24, 2.45) is 0 Å². The molecule has 0 bridgehead atoms. The maximum absolute atomic E-state index is 14.3. The van der Waals surface area contributed by atoms with E-state index in [-0.39, 0.29) is 45.0 Å². The van der Waals surface area contributed by atoms with Crippen LogP contribution in [0.15, 0.2) is 144 Å². The molecule has 0 aliphatic heterocycles. The van der Waals surface area contributed by atoms with Crippen molar-refractivity contribution in [3.63, 3.8) is 0 Å². The number of carbonyl (C=O) groups is 2. The third-order valence-electron chi connectivity index (χ3n) is 8.50. The van der Waals surface area contributed by atoms with Gasteiger partial charge in [0.1, 0.15) is 5.82 Å². The Morgan fingerprint density at radius 2 is 1.12 bits per heavy atom. The number of aryl methyl sites for hydroxylation is 2. The van der Waals surface area contributed by atoms with Gasteiger partial charge in [-0.3, -0.25) is 19.4 Å². The van der Waals surface area contributed by atoms with E-state index in [1.807, 2.05) is 13.0 Å².